The van der Waals surface area contributed by atoms with Crippen molar-refractivity contribution in [2.45, 2.75) is 6.42 Å². The number of carbonyl (C=O) groups is 2. The monoisotopic (exact) mass is 289 g/mol. The smallest absolute Gasteiger partial charge is 0.348 e. The highest BCUT2D eigenvalue weighted by atomic mass is 32.1. The first-order valence-electron chi connectivity index (χ1n) is 6.27. The van der Waals surface area contributed by atoms with E-state index in [1.54, 1.807) is 17.5 Å². The molecule has 1 amide bonds. The maximum absolute atomic E-state index is 11.5. The van der Waals surface area contributed by atoms with Crippen LogP contribution in [0.2, 0.25) is 0 Å². The second-order valence-corrected chi connectivity index (χ2v) is 5.09. The third-order valence-electron chi connectivity index (χ3n) is 2.64. The van der Waals surface area contributed by atoms with Crippen molar-refractivity contribution in [3.8, 4) is 0 Å². The molecule has 2 aromatic rings. The summed E-state index contributed by atoms with van der Waals surface area (Å²) in [4.78, 5) is 23.5. The minimum absolute atomic E-state index is 0.245. The number of thiophene rings is 1. The lowest BCUT2D eigenvalue weighted by molar-refractivity contribution is -0.124. The Morgan fingerprint density at radius 3 is 2.60 bits per heavy atom. The first-order valence-corrected chi connectivity index (χ1v) is 7.15. The third-order valence-corrected chi connectivity index (χ3v) is 3.49. The molecule has 0 aliphatic heterocycles. The number of carbonyl (C=O) groups excluding carboxylic acids is 2. The van der Waals surface area contributed by atoms with Gasteiger partial charge in [-0.05, 0) is 23.4 Å². The molecular formula is C15H15NO3S. The summed E-state index contributed by atoms with van der Waals surface area (Å²) in [6.07, 6.45) is 0.755. The second-order valence-electron chi connectivity index (χ2n) is 4.14. The van der Waals surface area contributed by atoms with Crippen molar-refractivity contribution >= 4 is 23.2 Å². The maximum Gasteiger partial charge on any atom is 0.348 e. The average Bonchev–Trinajstić information content (AvgIpc) is 3.00. The topological polar surface area (TPSA) is 55.4 Å². The fraction of sp³-hybridized carbons (Fsp3) is 0.200. The van der Waals surface area contributed by atoms with Crippen LogP contribution in [-0.2, 0) is 16.0 Å². The van der Waals surface area contributed by atoms with Gasteiger partial charge in [-0.3, -0.25) is 4.79 Å². The number of amides is 1. The first-order chi connectivity index (χ1) is 9.75. The van der Waals surface area contributed by atoms with Crippen LogP contribution in [-0.4, -0.2) is 25.0 Å². The largest absolute Gasteiger partial charge is 0.451 e. The van der Waals surface area contributed by atoms with Gasteiger partial charge in [0.05, 0.1) is 0 Å². The van der Waals surface area contributed by atoms with Gasteiger partial charge in [0.15, 0.2) is 6.61 Å². The lowest BCUT2D eigenvalue weighted by Gasteiger charge is -2.06. The van der Waals surface area contributed by atoms with Crippen LogP contribution in [0.1, 0.15) is 15.2 Å². The molecule has 0 aliphatic rings. The molecule has 0 aliphatic carbocycles. The van der Waals surface area contributed by atoms with Crippen LogP contribution in [0, 0.1) is 0 Å². The van der Waals surface area contributed by atoms with Crippen LogP contribution in [0.5, 0.6) is 0 Å². The highest BCUT2D eigenvalue weighted by Crippen LogP contribution is 2.09. The highest BCUT2D eigenvalue weighted by molar-refractivity contribution is 7.11. The molecule has 0 fully saturated rings. The van der Waals surface area contributed by atoms with Gasteiger partial charge in [-0.15, -0.1) is 11.3 Å². The lowest BCUT2D eigenvalue weighted by atomic mass is 10.1. The van der Waals surface area contributed by atoms with Gasteiger partial charge >= 0.3 is 5.97 Å². The number of benzene rings is 1. The van der Waals surface area contributed by atoms with Crippen molar-refractivity contribution in [2.75, 3.05) is 13.2 Å². The Balaban J connectivity index is 1.65. The molecule has 1 aromatic carbocycles. The quantitative estimate of drug-likeness (QED) is 0.830. The standard InChI is InChI=1S/C15H15NO3S/c17-14(11-19-15(18)13-7-4-10-20-13)16-9-8-12-5-2-1-3-6-12/h1-7,10H,8-9,11H2,(H,16,17). The average molecular weight is 289 g/mol. The highest BCUT2D eigenvalue weighted by Gasteiger charge is 2.10. The van der Waals surface area contributed by atoms with Crippen LogP contribution in [0.25, 0.3) is 0 Å². The van der Waals surface area contributed by atoms with Crippen molar-refractivity contribution in [3.05, 3.63) is 58.3 Å². The number of hydrogen-bond acceptors (Lipinski definition) is 4. The Kier molecular flexibility index (Phi) is 5.32. The minimum atomic E-state index is -0.460. The zero-order valence-corrected chi connectivity index (χ0v) is 11.7. The van der Waals surface area contributed by atoms with Gasteiger partial charge in [-0.1, -0.05) is 36.4 Å². The summed E-state index contributed by atoms with van der Waals surface area (Å²) in [6, 6.07) is 13.3. The molecule has 0 radical (unpaired) electrons. The summed E-state index contributed by atoms with van der Waals surface area (Å²) < 4.78 is 4.91. The van der Waals surface area contributed by atoms with E-state index in [-0.39, 0.29) is 12.5 Å². The van der Waals surface area contributed by atoms with Crippen molar-refractivity contribution in [2.24, 2.45) is 0 Å². The van der Waals surface area contributed by atoms with E-state index in [0.717, 1.165) is 12.0 Å². The first kappa shape index (κ1) is 14.3. The summed E-state index contributed by atoms with van der Waals surface area (Å²) >= 11 is 1.29. The second kappa shape index (κ2) is 7.45. The molecule has 4 nitrogen and oxygen atoms in total. The molecule has 1 N–H and O–H groups in total. The zero-order chi connectivity index (χ0) is 14.2. The normalized spacial score (nSPS) is 10.0. The Morgan fingerprint density at radius 1 is 1.10 bits per heavy atom. The van der Waals surface area contributed by atoms with Crippen molar-refractivity contribution in [1.82, 2.24) is 5.32 Å². The fourth-order valence-corrected chi connectivity index (χ4v) is 2.25. The molecule has 0 saturated heterocycles. The van der Waals surface area contributed by atoms with E-state index in [1.807, 2.05) is 30.3 Å². The summed E-state index contributed by atoms with van der Waals surface area (Å²) in [5.74, 6) is -0.746. The van der Waals surface area contributed by atoms with E-state index in [9.17, 15) is 9.59 Å². The van der Waals surface area contributed by atoms with Gasteiger partial charge in [0.1, 0.15) is 4.88 Å². The van der Waals surface area contributed by atoms with Crippen molar-refractivity contribution in [3.63, 3.8) is 0 Å². The molecule has 104 valence electrons. The molecule has 0 unspecified atom stereocenters. The van der Waals surface area contributed by atoms with E-state index in [4.69, 9.17) is 4.74 Å². The molecular weight excluding hydrogens is 274 g/mol. The molecule has 20 heavy (non-hydrogen) atoms. The van der Waals surface area contributed by atoms with Gasteiger partial charge in [0.2, 0.25) is 0 Å². The molecule has 2 rings (SSSR count). The Morgan fingerprint density at radius 2 is 1.90 bits per heavy atom. The van der Waals surface area contributed by atoms with E-state index in [2.05, 4.69) is 5.32 Å². The molecule has 1 aromatic heterocycles. The summed E-state index contributed by atoms with van der Waals surface area (Å²) in [5.41, 5.74) is 1.16. The van der Waals surface area contributed by atoms with Crippen LogP contribution in [0.4, 0.5) is 0 Å². The molecule has 0 saturated carbocycles. The van der Waals surface area contributed by atoms with Gasteiger partial charge in [0.25, 0.3) is 5.91 Å². The Bertz CT molecular complexity index is 552. The van der Waals surface area contributed by atoms with E-state index >= 15 is 0 Å². The molecule has 5 heteroatoms. The molecule has 1 heterocycles. The number of rotatable bonds is 6. The van der Waals surface area contributed by atoms with Crippen LogP contribution in [0.15, 0.2) is 47.8 Å². The summed E-state index contributed by atoms with van der Waals surface area (Å²) in [5, 5.41) is 4.51. The van der Waals surface area contributed by atoms with Gasteiger partial charge in [0, 0.05) is 6.54 Å². The predicted octanol–water partition coefficient (Wildman–Crippen LogP) is 2.26. The van der Waals surface area contributed by atoms with Gasteiger partial charge in [-0.25, -0.2) is 4.79 Å². The maximum atomic E-state index is 11.5. The van der Waals surface area contributed by atoms with E-state index in [1.165, 1.54) is 11.3 Å². The number of hydrogen-bond donors (Lipinski definition) is 1. The lowest BCUT2D eigenvalue weighted by Crippen LogP contribution is -2.30. The molecule has 0 bridgehead atoms. The molecule has 0 atom stereocenters. The van der Waals surface area contributed by atoms with Crippen molar-refractivity contribution in [1.29, 1.82) is 0 Å². The zero-order valence-electron chi connectivity index (χ0n) is 10.9. The van der Waals surface area contributed by atoms with E-state index in [0.29, 0.717) is 11.4 Å². The summed E-state index contributed by atoms with van der Waals surface area (Å²) in [6.45, 7) is 0.283. The third kappa shape index (κ3) is 4.51. The van der Waals surface area contributed by atoms with Gasteiger partial charge < -0.3 is 10.1 Å². The summed E-state index contributed by atoms with van der Waals surface area (Å²) in [7, 11) is 0. The Labute approximate surface area is 121 Å². The number of esters is 1. The number of nitrogens with one attached hydrogen (secondary N) is 1. The van der Waals surface area contributed by atoms with Crippen LogP contribution >= 0.6 is 11.3 Å². The SMILES string of the molecule is O=C(COC(=O)c1cccs1)NCCc1ccccc1. The van der Waals surface area contributed by atoms with Gasteiger partial charge in [-0.2, -0.15) is 0 Å². The van der Waals surface area contributed by atoms with Crippen molar-refractivity contribution < 1.29 is 14.3 Å². The minimum Gasteiger partial charge on any atom is -0.451 e. The van der Waals surface area contributed by atoms with Crippen LogP contribution in [0.3, 0.4) is 0 Å². The Hall–Kier alpha value is -2.14. The fourth-order valence-electron chi connectivity index (χ4n) is 1.64. The van der Waals surface area contributed by atoms with Crippen LogP contribution < -0.4 is 5.32 Å². The van der Waals surface area contributed by atoms with E-state index < -0.39 is 5.97 Å². The molecule has 0 spiro atoms. The predicted molar refractivity (Wildman–Crippen MR) is 77.8 cm³/mol. The number of ether oxygens (including phenoxy) is 1.